The normalized spacial score (nSPS) is 13.4. The predicted octanol–water partition coefficient (Wildman–Crippen LogP) is 4.74. The molecule has 2 aromatic carbocycles. The van der Waals surface area contributed by atoms with Crippen molar-refractivity contribution in [3.05, 3.63) is 75.2 Å². The van der Waals surface area contributed by atoms with Crippen LogP contribution in [0.15, 0.2) is 48.5 Å². The van der Waals surface area contributed by atoms with Gasteiger partial charge in [0.2, 0.25) is 0 Å². The van der Waals surface area contributed by atoms with Gasteiger partial charge in [0.25, 0.3) is 11.8 Å². The van der Waals surface area contributed by atoms with Crippen molar-refractivity contribution in [2.45, 2.75) is 13.3 Å². The van der Waals surface area contributed by atoms with Gasteiger partial charge in [0.05, 0.1) is 4.88 Å². The van der Waals surface area contributed by atoms with Crippen LogP contribution in [0.3, 0.4) is 0 Å². The Morgan fingerprint density at radius 1 is 1.11 bits per heavy atom. The van der Waals surface area contributed by atoms with Crippen LogP contribution < -0.4 is 5.32 Å². The number of hydrogen-bond donors (Lipinski definition) is 1. The Bertz CT molecular complexity index is 1070. The van der Waals surface area contributed by atoms with Crippen molar-refractivity contribution in [3.8, 4) is 11.1 Å². The summed E-state index contributed by atoms with van der Waals surface area (Å²) >= 11 is 1.39. The number of likely N-dealkylation sites (N-methyl/N-ethyl adjacent to an activating group) is 1. The van der Waals surface area contributed by atoms with Crippen molar-refractivity contribution in [2.75, 3.05) is 18.9 Å². The van der Waals surface area contributed by atoms with Crippen LogP contribution in [0.4, 0.5) is 10.1 Å². The quantitative estimate of drug-likeness (QED) is 0.697. The molecule has 2 amide bonds. The molecule has 2 heterocycles. The second-order valence-corrected chi connectivity index (χ2v) is 8.15. The molecule has 142 valence electrons. The summed E-state index contributed by atoms with van der Waals surface area (Å²) in [7, 11) is 1.78. The molecule has 0 unspecified atom stereocenters. The maximum atomic E-state index is 13.2. The van der Waals surface area contributed by atoms with Crippen LogP contribution >= 0.6 is 11.3 Å². The fraction of sp³-hybridized carbons (Fsp3) is 0.182. The number of rotatable bonds is 3. The van der Waals surface area contributed by atoms with Gasteiger partial charge in [-0.3, -0.25) is 9.59 Å². The minimum Gasteiger partial charge on any atom is -0.341 e. The maximum absolute atomic E-state index is 13.2. The lowest BCUT2D eigenvalue weighted by Gasteiger charge is -2.25. The molecule has 0 aliphatic carbocycles. The van der Waals surface area contributed by atoms with Gasteiger partial charge in [-0.25, -0.2) is 4.39 Å². The molecule has 0 saturated heterocycles. The van der Waals surface area contributed by atoms with Crippen LogP contribution in [0.25, 0.3) is 11.1 Å². The molecule has 4 rings (SSSR count). The molecule has 6 heteroatoms. The number of anilines is 1. The van der Waals surface area contributed by atoms with E-state index >= 15 is 0 Å². The lowest BCUT2D eigenvalue weighted by molar-refractivity contribution is 0.0780. The molecule has 1 N–H and O–H groups in total. The Kier molecular flexibility index (Phi) is 4.73. The van der Waals surface area contributed by atoms with E-state index in [2.05, 4.69) is 5.32 Å². The molecular weight excluding hydrogens is 375 g/mol. The first kappa shape index (κ1) is 18.4. The number of nitrogens with one attached hydrogen (secondary N) is 1. The number of carbonyl (C=O) groups is 2. The third kappa shape index (κ3) is 3.43. The first-order valence-corrected chi connectivity index (χ1v) is 9.80. The predicted molar refractivity (Wildman–Crippen MR) is 110 cm³/mol. The fourth-order valence-electron chi connectivity index (χ4n) is 3.37. The highest BCUT2D eigenvalue weighted by Gasteiger charge is 2.22. The van der Waals surface area contributed by atoms with Gasteiger partial charge in [0, 0.05) is 29.7 Å². The first-order valence-electron chi connectivity index (χ1n) is 8.98. The molecule has 0 fully saturated rings. The van der Waals surface area contributed by atoms with Crippen LogP contribution in [-0.2, 0) is 6.42 Å². The zero-order chi connectivity index (χ0) is 19.8. The highest BCUT2D eigenvalue weighted by molar-refractivity contribution is 7.14. The second-order valence-electron chi connectivity index (χ2n) is 6.89. The average molecular weight is 394 g/mol. The van der Waals surface area contributed by atoms with Gasteiger partial charge >= 0.3 is 0 Å². The topological polar surface area (TPSA) is 49.4 Å². The van der Waals surface area contributed by atoms with Gasteiger partial charge in [0.1, 0.15) is 5.82 Å². The van der Waals surface area contributed by atoms with Crippen LogP contribution in [0.1, 0.15) is 30.5 Å². The van der Waals surface area contributed by atoms with Crippen molar-refractivity contribution in [1.29, 1.82) is 0 Å². The molecule has 28 heavy (non-hydrogen) atoms. The summed E-state index contributed by atoms with van der Waals surface area (Å²) in [6, 6.07) is 13.5. The molecule has 0 atom stereocenters. The Balaban J connectivity index is 1.57. The number of halogens is 1. The van der Waals surface area contributed by atoms with Gasteiger partial charge in [-0.15, -0.1) is 11.3 Å². The van der Waals surface area contributed by atoms with E-state index in [1.165, 1.54) is 23.5 Å². The van der Waals surface area contributed by atoms with E-state index in [0.29, 0.717) is 22.7 Å². The lowest BCUT2D eigenvalue weighted by Crippen LogP contribution is -2.34. The Morgan fingerprint density at radius 2 is 1.86 bits per heavy atom. The summed E-state index contributed by atoms with van der Waals surface area (Å²) in [4.78, 5) is 28.3. The number of amides is 2. The fourth-order valence-corrected chi connectivity index (χ4v) is 4.31. The Labute approximate surface area is 166 Å². The molecule has 3 aromatic rings. The highest BCUT2D eigenvalue weighted by atomic mass is 32.1. The summed E-state index contributed by atoms with van der Waals surface area (Å²) in [6.07, 6.45) is 0.816. The van der Waals surface area contributed by atoms with Crippen LogP contribution in [0, 0.1) is 12.7 Å². The number of carbonyl (C=O) groups excluding carboxylic acids is 2. The number of thiophene rings is 1. The van der Waals surface area contributed by atoms with E-state index in [-0.39, 0.29) is 17.6 Å². The number of fused-ring (bicyclic) bond motifs is 1. The third-order valence-electron chi connectivity index (χ3n) is 4.96. The van der Waals surface area contributed by atoms with Crippen molar-refractivity contribution in [3.63, 3.8) is 0 Å². The van der Waals surface area contributed by atoms with E-state index in [1.807, 2.05) is 25.1 Å². The molecule has 4 nitrogen and oxygen atoms in total. The number of benzene rings is 2. The number of hydrogen-bond acceptors (Lipinski definition) is 3. The van der Waals surface area contributed by atoms with Gasteiger partial charge in [0.15, 0.2) is 0 Å². The summed E-state index contributed by atoms with van der Waals surface area (Å²) in [5.41, 5.74) is 4.03. The van der Waals surface area contributed by atoms with Gasteiger partial charge in [-0.2, -0.15) is 0 Å². The number of nitrogens with zero attached hydrogens (tertiary/aromatic N) is 1. The summed E-state index contributed by atoms with van der Waals surface area (Å²) in [5, 5.41) is 2.89. The SMILES string of the molecule is Cc1sc(C(=O)Nc2ccc3c(c2)C(=O)N(C)CC3)cc1-c1ccc(F)cc1. The van der Waals surface area contributed by atoms with E-state index in [0.717, 1.165) is 28.0 Å². The molecule has 0 spiro atoms. The Morgan fingerprint density at radius 3 is 2.61 bits per heavy atom. The maximum Gasteiger partial charge on any atom is 0.265 e. The first-order chi connectivity index (χ1) is 13.4. The van der Waals surface area contributed by atoms with Crippen LogP contribution in [0.5, 0.6) is 0 Å². The molecule has 0 radical (unpaired) electrons. The van der Waals surface area contributed by atoms with Crippen molar-refractivity contribution in [2.24, 2.45) is 0 Å². The van der Waals surface area contributed by atoms with E-state index in [4.69, 9.17) is 0 Å². The summed E-state index contributed by atoms with van der Waals surface area (Å²) in [5.74, 6) is -0.539. The van der Waals surface area contributed by atoms with Crippen molar-refractivity contribution in [1.82, 2.24) is 4.90 Å². The molecule has 1 aliphatic rings. The van der Waals surface area contributed by atoms with Gasteiger partial charge in [-0.05, 0) is 60.4 Å². The minimum atomic E-state index is -0.290. The lowest BCUT2D eigenvalue weighted by atomic mass is 9.98. The molecule has 0 bridgehead atoms. The van der Waals surface area contributed by atoms with E-state index in [1.54, 1.807) is 30.1 Å². The van der Waals surface area contributed by atoms with Gasteiger partial charge < -0.3 is 10.2 Å². The molecule has 1 aromatic heterocycles. The third-order valence-corrected chi connectivity index (χ3v) is 6.01. The van der Waals surface area contributed by atoms with Crippen LogP contribution in [-0.4, -0.2) is 30.3 Å². The van der Waals surface area contributed by atoms with E-state index in [9.17, 15) is 14.0 Å². The summed E-state index contributed by atoms with van der Waals surface area (Å²) in [6.45, 7) is 2.64. The average Bonchev–Trinajstić information content (AvgIpc) is 3.08. The number of aryl methyl sites for hydroxylation is 1. The second kappa shape index (κ2) is 7.20. The van der Waals surface area contributed by atoms with E-state index < -0.39 is 0 Å². The molecule has 1 aliphatic heterocycles. The van der Waals surface area contributed by atoms with Crippen molar-refractivity contribution < 1.29 is 14.0 Å². The molecule has 0 saturated carbocycles. The molecular formula is C22H19FN2O2S. The summed E-state index contributed by atoms with van der Waals surface area (Å²) < 4.78 is 13.2. The smallest absolute Gasteiger partial charge is 0.265 e. The zero-order valence-corrected chi connectivity index (χ0v) is 16.4. The zero-order valence-electron chi connectivity index (χ0n) is 15.6. The standard InChI is InChI=1S/C22H19FN2O2S/c1-13-18(14-3-6-16(23)7-4-14)12-20(28-13)21(26)24-17-8-5-15-9-10-25(2)22(27)19(15)11-17/h3-8,11-12H,9-10H2,1-2H3,(H,24,26). The van der Waals surface area contributed by atoms with Crippen LogP contribution in [0.2, 0.25) is 0 Å². The van der Waals surface area contributed by atoms with Crippen molar-refractivity contribution >= 4 is 28.8 Å². The highest BCUT2D eigenvalue weighted by Crippen LogP contribution is 2.32. The van der Waals surface area contributed by atoms with Gasteiger partial charge in [-0.1, -0.05) is 18.2 Å². The monoisotopic (exact) mass is 394 g/mol. The Hall–Kier alpha value is -2.99. The minimum absolute atomic E-state index is 0.0251. The largest absolute Gasteiger partial charge is 0.341 e.